The van der Waals surface area contributed by atoms with Crippen molar-refractivity contribution in [3.05, 3.63) is 36.4 Å². The molecular weight excluding hydrogens is 384 g/mol. The summed E-state index contributed by atoms with van der Waals surface area (Å²) in [6.45, 7) is 1.60. The molecular formula is C21H26N6O3. The van der Waals surface area contributed by atoms with Gasteiger partial charge in [-0.05, 0) is 18.9 Å². The molecule has 0 N–H and O–H groups in total. The molecule has 0 spiro atoms. The second-order valence-electron chi connectivity index (χ2n) is 7.46. The van der Waals surface area contributed by atoms with Crippen molar-refractivity contribution in [2.45, 2.75) is 18.9 Å². The number of hydrogen-bond donors (Lipinski definition) is 0. The van der Waals surface area contributed by atoms with Crippen LogP contribution in [0.1, 0.15) is 23.2 Å². The van der Waals surface area contributed by atoms with Crippen LogP contribution in [0.3, 0.4) is 0 Å². The minimum Gasteiger partial charge on any atom is -0.493 e. The monoisotopic (exact) mass is 410 g/mol. The molecule has 3 heterocycles. The summed E-state index contributed by atoms with van der Waals surface area (Å²) in [5.41, 5.74) is 1.42. The zero-order valence-corrected chi connectivity index (χ0v) is 17.7. The molecule has 0 aliphatic carbocycles. The first-order valence-electron chi connectivity index (χ1n) is 9.89. The van der Waals surface area contributed by atoms with Gasteiger partial charge >= 0.3 is 0 Å². The number of aryl methyl sites for hydroxylation is 1. The van der Waals surface area contributed by atoms with Crippen molar-refractivity contribution >= 4 is 22.6 Å². The van der Waals surface area contributed by atoms with Gasteiger partial charge in [0.2, 0.25) is 0 Å². The minimum absolute atomic E-state index is 0.00543. The highest BCUT2D eigenvalue weighted by Crippen LogP contribution is 2.35. The number of anilines is 1. The second-order valence-corrected chi connectivity index (χ2v) is 7.46. The summed E-state index contributed by atoms with van der Waals surface area (Å²) in [5.74, 6) is 2.17. The molecule has 1 amide bonds. The summed E-state index contributed by atoms with van der Waals surface area (Å²) >= 11 is 0. The number of methoxy groups -OCH3 is 2. The number of hydrogen-bond acceptors (Lipinski definition) is 7. The van der Waals surface area contributed by atoms with Crippen molar-refractivity contribution < 1.29 is 14.3 Å². The molecule has 0 saturated carbocycles. The molecule has 1 aliphatic heterocycles. The van der Waals surface area contributed by atoms with Crippen molar-refractivity contribution in [2.75, 3.05) is 39.3 Å². The Kier molecular flexibility index (Phi) is 5.43. The van der Waals surface area contributed by atoms with Gasteiger partial charge in [0, 0.05) is 50.9 Å². The summed E-state index contributed by atoms with van der Waals surface area (Å²) in [6, 6.07) is 3.97. The van der Waals surface area contributed by atoms with Crippen LogP contribution >= 0.6 is 0 Å². The SMILES string of the molecule is COc1cc2ncnc(N3CCC(N(C)C(=O)c4cnn(C)c4)CC3)c2cc1OC. The third-order valence-electron chi connectivity index (χ3n) is 5.70. The number of ether oxygens (including phenoxy) is 2. The standard InChI is InChI=1S/C21H26N6O3/c1-25-12-14(11-24-25)21(28)26(2)15-5-7-27(8-6-15)20-16-9-18(29-3)19(30-4)10-17(16)22-13-23-20/h9-13,15H,5-8H2,1-4H3. The van der Waals surface area contributed by atoms with Gasteiger partial charge in [-0.1, -0.05) is 0 Å². The Labute approximate surface area is 175 Å². The lowest BCUT2D eigenvalue weighted by molar-refractivity contribution is 0.0709. The van der Waals surface area contributed by atoms with Gasteiger partial charge in [-0.2, -0.15) is 5.10 Å². The van der Waals surface area contributed by atoms with E-state index < -0.39 is 0 Å². The first kappa shape index (κ1) is 19.9. The topological polar surface area (TPSA) is 85.6 Å². The predicted octanol–water partition coefficient (Wildman–Crippen LogP) is 2.12. The minimum atomic E-state index is 0.00543. The number of fused-ring (bicyclic) bond motifs is 1. The molecule has 9 nitrogen and oxygen atoms in total. The van der Waals surface area contributed by atoms with E-state index in [0.29, 0.717) is 17.1 Å². The third kappa shape index (κ3) is 3.62. The fourth-order valence-electron chi connectivity index (χ4n) is 3.99. The summed E-state index contributed by atoms with van der Waals surface area (Å²) in [6.07, 6.45) is 6.67. The van der Waals surface area contributed by atoms with Gasteiger partial charge in [-0.25, -0.2) is 9.97 Å². The molecule has 0 radical (unpaired) electrons. The molecule has 158 valence electrons. The van der Waals surface area contributed by atoms with E-state index in [2.05, 4.69) is 20.0 Å². The normalized spacial score (nSPS) is 14.7. The molecule has 0 unspecified atom stereocenters. The number of carbonyl (C=O) groups is 1. The zero-order chi connectivity index (χ0) is 21.3. The van der Waals surface area contributed by atoms with Gasteiger partial charge < -0.3 is 19.3 Å². The molecule has 4 rings (SSSR count). The number of nitrogens with zero attached hydrogens (tertiary/aromatic N) is 6. The summed E-state index contributed by atoms with van der Waals surface area (Å²) in [4.78, 5) is 25.7. The highest BCUT2D eigenvalue weighted by molar-refractivity contribution is 5.94. The van der Waals surface area contributed by atoms with Crippen molar-refractivity contribution in [2.24, 2.45) is 7.05 Å². The number of benzene rings is 1. The molecule has 3 aromatic rings. The Morgan fingerprint density at radius 3 is 2.47 bits per heavy atom. The molecule has 2 aromatic heterocycles. The molecule has 1 fully saturated rings. The van der Waals surface area contributed by atoms with Crippen molar-refractivity contribution in [3.8, 4) is 11.5 Å². The Morgan fingerprint density at radius 2 is 1.83 bits per heavy atom. The fraction of sp³-hybridized carbons (Fsp3) is 0.429. The van der Waals surface area contributed by atoms with Crippen LogP contribution in [0.5, 0.6) is 11.5 Å². The van der Waals surface area contributed by atoms with Crippen LogP contribution in [0.4, 0.5) is 5.82 Å². The smallest absolute Gasteiger partial charge is 0.257 e. The molecule has 9 heteroatoms. The van der Waals surface area contributed by atoms with Gasteiger partial charge in [0.25, 0.3) is 5.91 Å². The quantitative estimate of drug-likeness (QED) is 0.637. The lowest BCUT2D eigenvalue weighted by Gasteiger charge is -2.37. The lowest BCUT2D eigenvalue weighted by Crippen LogP contribution is -2.45. The number of aromatic nitrogens is 4. The maximum absolute atomic E-state index is 12.7. The van der Waals surface area contributed by atoms with E-state index in [0.717, 1.165) is 42.7 Å². The van der Waals surface area contributed by atoms with Gasteiger partial charge in [-0.3, -0.25) is 9.48 Å². The molecule has 30 heavy (non-hydrogen) atoms. The highest BCUT2D eigenvalue weighted by atomic mass is 16.5. The maximum Gasteiger partial charge on any atom is 0.257 e. The molecule has 1 aliphatic rings. The second kappa shape index (κ2) is 8.17. The van der Waals surface area contributed by atoms with E-state index in [1.807, 2.05) is 31.1 Å². The van der Waals surface area contributed by atoms with Crippen LogP contribution in [0.2, 0.25) is 0 Å². The number of rotatable bonds is 5. The van der Waals surface area contributed by atoms with E-state index in [1.165, 1.54) is 0 Å². The third-order valence-corrected chi connectivity index (χ3v) is 5.70. The van der Waals surface area contributed by atoms with E-state index >= 15 is 0 Å². The number of piperidine rings is 1. The average Bonchev–Trinajstić information content (AvgIpc) is 3.23. The van der Waals surface area contributed by atoms with Crippen molar-refractivity contribution in [3.63, 3.8) is 0 Å². The van der Waals surface area contributed by atoms with Crippen LogP contribution in [-0.2, 0) is 7.05 Å². The summed E-state index contributed by atoms with van der Waals surface area (Å²) in [7, 11) is 6.91. The molecule has 0 bridgehead atoms. The predicted molar refractivity (Wildman–Crippen MR) is 113 cm³/mol. The number of carbonyl (C=O) groups excluding carboxylic acids is 1. The van der Waals surface area contributed by atoms with E-state index in [1.54, 1.807) is 37.6 Å². The van der Waals surface area contributed by atoms with Gasteiger partial charge in [0.05, 0.1) is 31.5 Å². The molecule has 1 saturated heterocycles. The molecule has 1 aromatic carbocycles. The lowest BCUT2D eigenvalue weighted by atomic mass is 10.0. The van der Waals surface area contributed by atoms with Crippen molar-refractivity contribution in [1.29, 1.82) is 0 Å². The Bertz CT molecular complexity index is 1060. The fourth-order valence-corrected chi connectivity index (χ4v) is 3.99. The van der Waals surface area contributed by atoms with Crippen LogP contribution in [-0.4, -0.2) is 71.0 Å². The van der Waals surface area contributed by atoms with Gasteiger partial charge in [0.15, 0.2) is 11.5 Å². The first-order valence-corrected chi connectivity index (χ1v) is 9.89. The van der Waals surface area contributed by atoms with Crippen LogP contribution < -0.4 is 14.4 Å². The van der Waals surface area contributed by atoms with Crippen LogP contribution in [0.25, 0.3) is 10.9 Å². The molecule has 0 atom stereocenters. The Hall–Kier alpha value is -3.36. The summed E-state index contributed by atoms with van der Waals surface area (Å²) in [5, 5.41) is 5.02. The van der Waals surface area contributed by atoms with Gasteiger partial charge in [0.1, 0.15) is 12.1 Å². The zero-order valence-electron chi connectivity index (χ0n) is 17.7. The van der Waals surface area contributed by atoms with Crippen molar-refractivity contribution in [1.82, 2.24) is 24.6 Å². The Balaban J connectivity index is 1.51. The van der Waals surface area contributed by atoms with Gasteiger partial charge in [-0.15, -0.1) is 0 Å². The number of amides is 1. The van der Waals surface area contributed by atoms with Crippen LogP contribution in [0, 0.1) is 0 Å². The van der Waals surface area contributed by atoms with Crippen LogP contribution in [0.15, 0.2) is 30.9 Å². The van der Waals surface area contributed by atoms with E-state index in [-0.39, 0.29) is 11.9 Å². The highest BCUT2D eigenvalue weighted by Gasteiger charge is 2.28. The maximum atomic E-state index is 12.7. The largest absolute Gasteiger partial charge is 0.493 e. The van der Waals surface area contributed by atoms with E-state index in [9.17, 15) is 4.79 Å². The Morgan fingerprint density at radius 1 is 1.13 bits per heavy atom. The first-order chi connectivity index (χ1) is 14.5. The van der Waals surface area contributed by atoms with E-state index in [4.69, 9.17) is 9.47 Å². The summed E-state index contributed by atoms with van der Waals surface area (Å²) < 4.78 is 12.5. The average molecular weight is 410 g/mol.